The zero-order valence-electron chi connectivity index (χ0n) is 43.1. The van der Waals surface area contributed by atoms with Crippen molar-refractivity contribution in [2.75, 3.05) is 26.4 Å². The summed E-state index contributed by atoms with van der Waals surface area (Å²) in [6.45, 7) is 3.61. The zero-order chi connectivity index (χ0) is 48.8. The Bertz CT molecular complexity index is 1320. The molecule has 0 heterocycles. The Kier molecular flexibility index (Phi) is 50.8. The van der Waals surface area contributed by atoms with Crippen LogP contribution in [0.5, 0.6) is 0 Å². The molecule has 67 heavy (non-hydrogen) atoms. The van der Waals surface area contributed by atoms with Gasteiger partial charge in [-0.1, -0.05) is 222 Å². The summed E-state index contributed by atoms with van der Waals surface area (Å²) in [6.07, 6.45) is 66.8. The number of carbonyl (C=O) groups is 2. The number of hydrogen-bond acceptors (Lipinski definition) is 8. The lowest BCUT2D eigenvalue weighted by Crippen LogP contribution is -2.29. The van der Waals surface area contributed by atoms with Crippen molar-refractivity contribution in [2.45, 2.75) is 251 Å². The minimum Gasteiger partial charge on any atom is -0.462 e. The summed E-state index contributed by atoms with van der Waals surface area (Å²) in [5, 5.41) is 0. The van der Waals surface area contributed by atoms with Gasteiger partial charge in [0.15, 0.2) is 6.10 Å². The van der Waals surface area contributed by atoms with E-state index in [2.05, 4.69) is 86.8 Å². The molecule has 3 N–H and O–H groups in total. The van der Waals surface area contributed by atoms with Crippen LogP contribution in [-0.4, -0.2) is 49.3 Å². The van der Waals surface area contributed by atoms with Crippen LogP contribution in [0.4, 0.5) is 0 Å². The highest BCUT2D eigenvalue weighted by Crippen LogP contribution is 2.43. The quantitative estimate of drug-likeness (QED) is 0.0264. The van der Waals surface area contributed by atoms with Crippen molar-refractivity contribution in [3.05, 3.63) is 72.9 Å². The van der Waals surface area contributed by atoms with Gasteiger partial charge in [0, 0.05) is 19.4 Å². The van der Waals surface area contributed by atoms with Gasteiger partial charge < -0.3 is 20.1 Å². The number of carbonyl (C=O) groups excluding carboxylic acids is 2. The minimum absolute atomic E-state index is 0.0513. The van der Waals surface area contributed by atoms with Crippen molar-refractivity contribution in [1.82, 2.24) is 0 Å². The third-order valence-corrected chi connectivity index (χ3v) is 12.6. The van der Waals surface area contributed by atoms with Crippen LogP contribution in [0.25, 0.3) is 0 Å². The fourth-order valence-corrected chi connectivity index (χ4v) is 8.31. The highest BCUT2D eigenvalue weighted by Gasteiger charge is 2.26. The van der Waals surface area contributed by atoms with Crippen LogP contribution in [0, 0.1) is 0 Å². The van der Waals surface area contributed by atoms with E-state index in [0.717, 1.165) is 89.9 Å². The summed E-state index contributed by atoms with van der Waals surface area (Å²) < 4.78 is 32.9. The number of allylic oxidation sites excluding steroid dienone is 12. The van der Waals surface area contributed by atoms with Gasteiger partial charge in [0.25, 0.3) is 0 Å². The second kappa shape index (κ2) is 52.8. The van der Waals surface area contributed by atoms with E-state index in [1.807, 2.05) is 0 Å². The second-order valence-electron chi connectivity index (χ2n) is 18.1. The third-order valence-electron chi connectivity index (χ3n) is 11.6. The molecule has 2 unspecified atom stereocenters. The number of hydrogen-bond donors (Lipinski definition) is 2. The van der Waals surface area contributed by atoms with Gasteiger partial charge in [-0.15, -0.1) is 0 Å². The van der Waals surface area contributed by atoms with Crippen molar-refractivity contribution >= 4 is 19.8 Å². The molecule has 0 aliphatic heterocycles. The number of unbranched alkanes of at least 4 members (excludes halogenated alkanes) is 26. The van der Waals surface area contributed by atoms with Crippen LogP contribution in [0.15, 0.2) is 72.9 Å². The first-order valence-electron chi connectivity index (χ1n) is 27.4. The molecule has 0 aromatic rings. The molecule has 9 nitrogen and oxygen atoms in total. The Morgan fingerprint density at radius 3 is 1.24 bits per heavy atom. The SMILES string of the molecule is CC/C=C\C/C=C\C/C=C\C/C=C\C/C=C\CCCCCCCCCCCCCCCCCCCC(=O)OC(COC(=O)CCCCCCC/C=C\CCCCCC)COP(=O)(O)OCCN. The number of esters is 2. The Morgan fingerprint density at radius 1 is 0.463 bits per heavy atom. The number of nitrogens with two attached hydrogens (primary N) is 1. The molecule has 0 aliphatic rings. The maximum absolute atomic E-state index is 12.7. The smallest absolute Gasteiger partial charge is 0.462 e. The fourth-order valence-electron chi connectivity index (χ4n) is 7.54. The van der Waals surface area contributed by atoms with Gasteiger partial charge in [-0.25, -0.2) is 4.57 Å². The van der Waals surface area contributed by atoms with Crippen LogP contribution >= 0.6 is 7.82 Å². The summed E-state index contributed by atoms with van der Waals surface area (Å²) in [7, 11) is -4.38. The predicted octanol–water partition coefficient (Wildman–Crippen LogP) is 17.0. The maximum atomic E-state index is 12.7. The normalized spacial score (nSPS) is 13.7. The zero-order valence-corrected chi connectivity index (χ0v) is 44.0. The van der Waals surface area contributed by atoms with E-state index in [1.54, 1.807) is 0 Å². The highest BCUT2D eigenvalue weighted by atomic mass is 31.2. The number of phosphoric acid groups is 1. The summed E-state index contributed by atoms with van der Waals surface area (Å²) in [6, 6.07) is 0. The summed E-state index contributed by atoms with van der Waals surface area (Å²) in [5.74, 6) is -0.834. The van der Waals surface area contributed by atoms with Gasteiger partial charge >= 0.3 is 19.8 Å². The van der Waals surface area contributed by atoms with Crippen molar-refractivity contribution in [1.29, 1.82) is 0 Å². The Morgan fingerprint density at radius 2 is 0.821 bits per heavy atom. The van der Waals surface area contributed by atoms with Crippen LogP contribution in [0.1, 0.15) is 245 Å². The number of ether oxygens (including phenoxy) is 2. The molecule has 0 spiro atoms. The first-order valence-corrected chi connectivity index (χ1v) is 28.9. The van der Waals surface area contributed by atoms with Gasteiger partial charge in [-0.05, 0) is 83.5 Å². The Labute approximate surface area is 411 Å². The summed E-state index contributed by atoms with van der Waals surface area (Å²) >= 11 is 0. The third kappa shape index (κ3) is 52.7. The molecular weight excluding hydrogens is 858 g/mol. The molecule has 0 aromatic carbocycles. The number of rotatable bonds is 51. The van der Waals surface area contributed by atoms with E-state index >= 15 is 0 Å². The average Bonchev–Trinajstić information content (AvgIpc) is 3.32. The molecule has 0 radical (unpaired) electrons. The van der Waals surface area contributed by atoms with Gasteiger partial charge in [-0.2, -0.15) is 0 Å². The Hall–Kier alpha value is -2.55. The first kappa shape index (κ1) is 64.5. The van der Waals surface area contributed by atoms with Gasteiger partial charge in [-0.3, -0.25) is 18.6 Å². The highest BCUT2D eigenvalue weighted by molar-refractivity contribution is 7.47. The van der Waals surface area contributed by atoms with Crippen molar-refractivity contribution in [2.24, 2.45) is 5.73 Å². The van der Waals surface area contributed by atoms with E-state index < -0.39 is 26.5 Å². The van der Waals surface area contributed by atoms with E-state index in [4.69, 9.17) is 24.3 Å². The predicted molar refractivity (Wildman–Crippen MR) is 284 cm³/mol. The van der Waals surface area contributed by atoms with Crippen LogP contribution in [0.2, 0.25) is 0 Å². The molecule has 2 atom stereocenters. The lowest BCUT2D eigenvalue weighted by Gasteiger charge is -2.19. The average molecular weight is 960 g/mol. The topological polar surface area (TPSA) is 134 Å². The molecule has 0 amide bonds. The van der Waals surface area contributed by atoms with Gasteiger partial charge in [0.2, 0.25) is 0 Å². The molecule has 0 fully saturated rings. The molecule has 0 saturated heterocycles. The van der Waals surface area contributed by atoms with E-state index in [9.17, 15) is 19.0 Å². The first-order chi connectivity index (χ1) is 32.8. The second-order valence-corrected chi connectivity index (χ2v) is 19.5. The van der Waals surface area contributed by atoms with Crippen LogP contribution < -0.4 is 5.73 Å². The van der Waals surface area contributed by atoms with E-state index in [0.29, 0.717) is 6.42 Å². The fraction of sp³-hybridized carbons (Fsp3) is 0.754. The Balaban J connectivity index is 3.89. The molecule has 0 aliphatic carbocycles. The summed E-state index contributed by atoms with van der Waals surface area (Å²) in [5.41, 5.74) is 5.37. The monoisotopic (exact) mass is 960 g/mol. The summed E-state index contributed by atoms with van der Waals surface area (Å²) in [4.78, 5) is 35.0. The molecule has 388 valence electrons. The molecule has 0 aromatic heterocycles. The minimum atomic E-state index is -4.38. The molecular formula is C57H102NO8P. The number of phosphoric ester groups is 1. The molecule has 0 bridgehead atoms. The molecule has 10 heteroatoms. The largest absolute Gasteiger partial charge is 0.472 e. The van der Waals surface area contributed by atoms with Crippen molar-refractivity contribution < 1.29 is 37.6 Å². The lowest BCUT2D eigenvalue weighted by atomic mass is 10.0. The maximum Gasteiger partial charge on any atom is 0.472 e. The van der Waals surface area contributed by atoms with Crippen LogP contribution in [0.3, 0.4) is 0 Å². The van der Waals surface area contributed by atoms with Crippen molar-refractivity contribution in [3.63, 3.8) is 0 Å². The standard InChI is InChI=1S/C57H102NO8P/c1-3-5-7-9-11-13-15-17-18-19-20-21-22-23-24-25-26-27-28-29-30-31-32-33-34-35-36-38-40-42-44-46-48-50-57(60)66-55(54-65-67(61,62)64-52-51-58)53-63-56(59)49-47-45-43-41-39-37-16-14-12-10-8-6-4-2/h5,7,11,13-14,16-18,20-21,23-24,55H,3-4,6,8-10,12,15,19,22,25-54,58H2,1-2H3,(H,61,62)/b7-5-,13-11-,16-14-,18-17-,21-20-,24-23-. The van der Waals surface area contributed by atoms with E-state index in [-0.39, 0.29) is 38.6 Å². The van der Waals surface area contributed by atoms with Crippen LogP contribution in [-0.2, 0) is 32.7 Å². The lowest BCUT2D eigenvalue weighted by molar-refractivity contribution is -0.161. The van der Waals surface area contributed by atoms with Gasteiger partial charge in [0.05, 0.1) is 13.2 Å². The molecule has 0 saturated carbocycles. The van der Waals surface area contributed by atoms with Crippen molar-refractivity contribution in [3.8, 4) is 0 Å². The van der Waals surface area contributed by atoms with E-state index in [1.165, 1.54) is 122 Å². The molecule has 0 rings (SSSR count). The van der Waals surface area contributed by atoms with Gasteiger partial charge in [0.1, 0.15) is 6.61 Å².